The van der Waals surface area contributed by atoms with Crippen molar-refractivity contribution in [1.29, 1.82) is 0 Å². The van der Waals surface area contributed by atoms with E-state index in [1.54, 1.807) is 24.2 Å². The van der Waals surface area contributed by atoms with Crippen LogP contribution in [0.2, 0.25) is 0 Å². The summed E-state index contributed by atoms with van der Waals surface area (Å²) in [5, 5.41) is 0. The van der Waals surface area contributed by atoms with E-state index in [2.05, 4.69) is 4.98 Å². The number of carbonyl (C=O) groups is 1. The fourth-order valence-corrected chi connectivity index (χ4v) is 3.88. The van der Waals surface area contributed by atoms with Crippen molar-refractivity contribution in [3.63, 3.8) is 0 Å². The summed E-state index contributed by atoms with van der Waals surface area (Å²) in [4.78, 5) is 18.6. The molecule has 1 unspecified atom stereocenters. The molecule has 0 radical (unpaired) electrons. The summed E-state index contributed by atoms with van der Waals surface area (Å²) in [6.45, 7) is 3.64. The van der Waals surface area contributed by atoms with Crippen molar-refractivity contribution in [2.24, 2.45) is 5.41 Å². The summed E-state index contributed by atoms with van der Waals surface area (Å²) in [6.07, 6.45) is 3.06. The third kappa shape index (κ3) is 2.05. The second-order valence-electron chi connectivity index (χ2n) is 6.27. The molecule has 2 saturated heterocycles. The van der Waals surface area contributed by atoms with E-state index in [0.717, 1.165) is 24.0 Å². The predicted molar refractivity (Wildman–Crippen MR) is 74.9 cm³/mol. The molecule has 21 heavy (non-hydrogen) atoms. The number of nitrogens with zero attached hydrogens (tertiary/aromatic N) is 2. The fourth-order valence-electron chi connectivity index (χ4n) is 3.88. The number of halogens is 2. The minimum Gasteiger partial charge on any atom is -0.332 e. The van der Waals surface area contributed by atoms with Crippen molar-refractivity contribution in [2.75, 3.05) is 0 Å². The molecule has 114 valence electrons. The van der Waals surface area contributed by atoms with Crippen LogP contribution >= 0.6 is 0 Å². The second-order valence-corrected chi connectivity index (χ2v) is 6.27. The molecule has 1 amide bonds. The van der Waals surface area contributed by atoms with Gasteiger partial charge in [0.25, 0.3) is 6.43 Å². The zero-order valence-corrected chi connectivity index (χ0v) is 12.4. The van der Waals surface area contributed by atoms with Crippen LogP contribution in [0.5, 0.6) is 0 Å². The molecule has 2 aliphatic rings. The summed E-state index contributed by atoms with van der Waals surface area (Å²) < 4.78 is 27.0. The highest BCUT2D eigenvalue weighted by Gasteiger charge is 2.59. The van der Waals surface area contributed by atoms with Crippen LogP contribution in [0.4, 0.5) is 8.78 Å². The molecule has 2 aliphatic heterocycles. The predicted octanol–water partition coefficient (Wildman–Crippen LogP) is 3.49. The van der Waals surface area contributed by atoms with Gasteiger partial charge in [0, 0.05) is 18.4 Å². The lowest BCUT2D eigenvalue weighted by Gasteiger charge is -2.29. The maximum Gasteiger partial charge on any atom is 0.252 e. The molecule has 2 fully saturated rings. The van der Waals surface area contributed by atoms with E-state index in [0.29, 0.717) is 0 Å². The van der Waals surface area contributed by atoms with Crippen LogP contribution in [0.3, 0.4) is 0 Å². The molecular formula is C16H20F2N2O. The van der Waals surface area contributed by atoms with Gasteiger partial charge >= 0.3 is 0 Å². The number of aryl methyl sites for hydroxylation is 1. The molecule has 1 aromatic rings. The van der Waals surface area contributed by atoms with E-state index < -0.39 is 11.8 Å². The first kappa shape index (κ1) is 14.4. The number of carbonyl (C=O) groups excluding carboxylic acids is 1. The van der Waals surface area contributed by atoms with E-state index in [1.165, 1.54) is 0 Å². The van der Waals surface area contributed by atoms with Crippen LogP contribution in [0, 0.1) is 12.3 Å². The highest BCUT2D eigenvalue weighted by Crippen LogP contribution is 2.52. The van der Waals surface area contributed by atoms with Gasteiger partial charge in [0.05, 0.1) is 6.04 Å². The summed E-state index contributed by atoms with van der Waals surface area (Å²) in [6, 6.07) is 1.86. The van der Waals surface area contributed by atoms with Gasteiger partial charge in [0.15, 0.2) is 0 Å². The molecular weight excluding hydrogens is 274 g/mol. The number of amides is 1. The Morgan fingerprint density at radius 2 is 2.19 bits per heavy atom. The number of alkyl halides is 2. The van der Waals surface area contributed by atoms with E-state index in [9.17, 15) is 13.6 Å². The van der Waals surface area contributed by atoms with Crippen molar-refractivity contribution < 1.29 is 13.6 Å². The summed E-state index contributed by atoms with van der Waals surface area (Å²) in [5.41, 5.74) is 0.519. The third-order valence-electron chi connectivity index (χ3n) is 5.09. The lowest BCUT2D eigenvalue weighted by Crippen LogP contribution is -2.40. The summed E-state index contributed by atoms with van der Waals surface area (Å²) >= 11 is 0. The van der Waals surface area contributed by atoms with Gasteiger partial charge in [-0.15, -0.1) is 0 Å². The van der Waals surface area contributed by atoms with Gasteiger partial charge < -0.3 is 4.90 Å². The van der Waals surface area contributed by atoms with Crippen LogP contribution < -0.4 is 0 Å². The Bertz CT molecular complexity index is 563. The van der Waals surface area contributed by atoms with Crippen molar-refractivity contribution in [1.82, 2.24) is 9.88 Å². The smallest absolute Gasteiger partial charge is 0.252 e. The van der Waals surface area contributed by atoms with Crippen molar-refractivity contribution >= 4 is 5.91 Å². The Morgan fingerprint density at radius 1 is 1.43 bits per heavy atom. The number of hydrogen-bond acceptors (Lipinski definition) is 2. The minimum atomic E-state index is -2.59. The lowest BCUT2D eigenvalue weighted by molar-refractivity contribution is -0.146. The van der Waals surface area contributed by atoms with Crippen molar-refractivity contribution in [2.45, 2.75) is 58.0 Å². The minimum absolute atomic E-state index is 0.0445. The molecule has 0 N–H and O–H groups in total. The Kier molecular flexibility index (Phi) is 3.46. The highest BCUT2D eigenvalue weighted by molar-refractivity contribution is 5.86. The molecule has 0 aliphatic carbocycles. The molecule has 5 heteroatoms. The van der Waals surface area contributed by atoms with E-state index in [4.69, 9.17) is 0 Å². The Balaban J connectivity index is 1.94. The SMILES string of the molecule is CCC1(C(F)F)C[C@H]2CC[C@H](c3cncc(C)c3)N2C1=O. The van der Waals surface area contributed by atoms with E-state index >= 15 is 0 Å². The normalized spacial score (nSPS) is 32.0. The van der Waals surface area contributed by atoms with Crippen LogP contribution in [-0.4, -0.2) is 28.3 Å². The topological polar surface area (TPSA) is 33.2 Å². The molecule has 3 atom stereocenters. The number of rotatable bonds is 3. The maximum absolute atomic E-state index is 13.5. The van der Waals surface area contributed by atoms with Gasteiger partial charge in [-0.1, -0.05) is 13.0 Å². The monoisotopic (exact) mass is 294 g/mol. The highest BCUT2D eigenvalue weighted by atomic mass is 19.3. The van der Waals surface area contributed by atoms with Gasteiger partial charge in [-0.05, 0) is 43.7 Å². The molecule has 0 bridgehead atoms. The van der Waals surface area contributed by atoms with Gasteiger partial charge in [-0.3, -0.25) is 9.78 Å². The Hall–Kier alpha value is -1.52. The average molecular weight is 294 g/mol. The van der Waals surface area contributed by atoms with Crippen molar-refractivity contribution in [3.05, 3.63) is 29.6 Å². The molecule has 0 aromatic carbocycles. The van der Waals surface area contributed by atoms with Gasteiger partial charge in [0.1, 0.15) is 5.41 Å². The average Bonchev–Trinajstić information content (AvgIpc) is 2.98. The quantitative estimate of drug-likeness (QED) is 0.855. The molecule has 3 rings (SSSR count). The first-order valence-electron chi connectivity index (χ1n) is 7.52. The molecule has 0 spiro atoms. The van der Waals surface area contributed by atoms with Crippen LogP contribution in [-0.2, 0) is 4.79 Å². The Morgan fingerprint density at radius 3 is 2.81 bits per heavy atom. The molecule has 3 heterocycles. The van der Waals surface area contributed by atoms with Crippen LogP contribution in [0.15, 0.2) is 18.5 Å². The van der Waals surface area contributed by atoms with Gasteiger partial charge in [-0.25, -0.2) is 8.78 Å². The first-order valence-corrected chi connectivity index (χ1v) is 7.52. The maximum atomic E-state index is 13.5. The van der Waals surface area contributed by atoms with E-state index in [1.807, 2.05) is 13.0 Å². The summed E-state index contributed by atoms with van der Waals surface area (Å²) in [5.74, 6) is -0.367. The van der Waals surface area contributed by atoms with Crippen LogP contribution in [0.25, 0.3) is 0 Å². The van der Waals surface area contributed by atoms with Crippen LogP contribution in [0.1, 0.15) is 49.8 Å². The van der Waals surface area contributed by atoms with E-state index in [-0.39, 0.29) is 30.8 Å². The standard InChI is InChI=1S/C16H20F2N2O/c1-3-16(14(17)18)7-12-4-5-13(20(12)15(16)21)11-6-10(2)8-19-9-11/h6,8-9,12-14H,3-5,7H2,1-2H3/t12-,13-,16?/m1/s1. The van der Waals surface area contributed by atoms with Gasteiger partial charge in [-0.2, -0.15) is 0 Å². The second kappa shape index (κ2) is 5.04. The number of fused-ring (bicyclic) bond motifs is 1. The molecule has 3 nitrogen and oxygen atoms in total. The lowest BCUT2D eigenvalue weighted by atomic mass is 9.81. The molecule has 1 aromatic heterocycles. The first-order chi connectivity index (χ1) is 9.99. The van der Waals surface area contributed by atoms with Crippen molar-refractivity contribution in [3.8, 4) is 0 Å². The zero-order chi connectivity index (χ0) is 15.2. The summed E-state index contributed by atoms with van der Waals surface area (Å²) in [7, 11) is 0. The zero-order valence-electron chi connectivity index (χ0n) is 12.4. The fraction of sp³-hybridized carbons (Fsp3) is 0.625. The largest absolute Gasteiger partial charge is 0.332 e. The number of aromatic nitrogens is 1. The Labute approximate surface area is 123 Å². The third-order valence-corrected chi connectivity index (χ3v) is 5.09. The molecule has 0 saturated carbocycles. The number of hydrogen-bond donors (Lipinski definition) is 0. The van der Waals surface area contributed by atoms with Gasteiger partial charge in [0.2, 0.25) is 5.91 Å². The number of pyridine rings is 1.